The molecule has 1 unspecified atom stereocenters. The number of rotatable bonds is 2. The minimum Gasteiger partial charge on any atom is -0.398 e. The lowest BCUT2D eigenvalue weighted by molar-refractivity contribution is 0.215. The van der Waals surface area contributed by atoms with Crippen LogP contribution in [0.5, 0.6) is 0 Å². The van der Waals surface area contributed by atoms with Crippen LogP contribution in [0.15, 0.2) is 36.4 Å². The predicted octanol–water partition coefficient (Wildman–Crippen LogP) is 3.80. The summed E-state index contributed by atoms with van der Waals surface area (Å²) in [4.78, 5) is 0. The number of anilines is 1. The summed E-state index contributed by atoms with van der Waals surface area (Å²) in [6.45, 7) is 0. The van der Waals surface area contributed by atoms with Gasteiger partial charge in [-0.1, -0.05) is 35.3 Å². The van der Waals surface area contributed by atoms with Gasteiger partial charge in [0.2, 0.25) is 0 Å². The summed E-state index contributed by atoms with van der Waals surface area (Å²) in [5.41, 5.74) is 6.58. The number of hydrogen-bond donors (Lipinski definition) is 2. The normalized spacial score (nSPS) is 12.4. The van der Waals surface area contributed by atoms with Crippen molar-refractivity contribution in [3.8, 4) is 0 Å². The molecule has 1 atom stereocenters. The maximum absolute atomic E-state index is 13.7. The van der Waals surface area contributed by atoms with Crippen molar-refractivity contribution in [2.75, 3.05) is 5.73 Å². The molecule has 0 fully saturated rings. The summed E-state index contributed by atoms with van der Waals surface area (Å²) < 4.78 is 13.7. The van der Waals surface area contributed by atoms with Crippen molar-refractivity contribution < 1.29 is 9.50 Å². The molecule has 5 heteroatoms. The van der Waals surface area contributed by atoms with E-state index in [1.807, 2.05) is 0 Å². The Morgan fingerprint density at radius 2 is 1.56 bits per heavy atom. The molecule has 0 aliphatic rings. The smallest absolute Gasteiger partial charge is 0.130 e. The van der Waals surface area contributed by atoms with E-state index >= 15 is 0 Å². The van der Waals surface area contributed by atoms with Crippen LogP contribution in [0.2, 0.25) is 10.0 Å². The number of nitrogens with two attached hydrogens (primary N) is 1. The van der Waals surface area contributed by atoms with Gasteiger partial charge in [-0.3, -0.25) is 0 Å². The van der Waals surface area contributed by atoms with Gasteiger partial charge in [0, 0.05) is 26.9 Å². The Morgan fingerprint density at radius 3 is 2.11 bits per heavy atom. The second-order valence-electron chi connectivity index (χ2n) is 3.84. The lowest BCUT2D eigenvalue weighted by Gasteiger charge is -2.15. The summed E-state index contributed by atoms with van der Waals surface area (Å²) in [7, 11) is 0. The van der Waals surface area contributed by atoms with Crippen LogP contribution in [0.3, 0.4) is 0 Å². The van der Waals surface area contributed by atoms with Gasteiger partial charge in [0.15, 0.2) is 0 Å². The molecule has 2 aromatic carbocycles. The van der Waals surface area contributed by atoms with Gasteiger partial charge in [0.1, 0.15) is 11.9 Å². The van der Waals surface area contributed by atoms with Crippen molar-refractivity contribution in [2.24, 2.45) is 0 Å². The third-order valence-electron chi connectivity index (χ3n) is 2.60. The molecule has 0 heterocycles. The highest BCUT2D eigenvalue weighted by Crippen LogP contribution is 2.30. The first-order valence-corrected chi connectivity index (χ1v) is 5.92. The molecule has 0 bridgehead atoms. The number of aliphatic hydroxyl groups excluding tert-OH is 1. The van der Waals surface area contributed by atoms with E-state index in [0.717, 1.165) is 6.07 Å². The number of hydrogen-bond acceptors (Lipinski definition) is 2. The molecule has 0 aliphatic carbocycles. The number of nitrogen functional groups attached to an aromatic ring is 1. The molecule has 2 nitrogen and oxygen atoms in total. The van der Waals surface area contributed by atoms with Crippen LogP contribution in [0, 0.1) is 5.82 Å². The fourth-order valence-electron chi connectivity index (χ4n) is 1.69. The second kappa shape index (κ2) is 5.14. The van der Waals surface area contributed by atoms with Gasteiger partial charge in [-0.2, -0.15) is 0 Å². The zero-order chi connectivity index (χ0) is 13.3. The zero-order valence-corrected chi connectivity index (χ0v) is 10.7. The fraction of sp³-hybridized carbons (Fsp3) is 0.0769. The minimum atomic E-state index is -1.15. The standard InChI is InChI=1S/C13H10Cl2FNO/c14-7-1-3-9(11(16)5-7)13(18)10-4-2-8(15)6-12(10)17/h1-6,13,18H,17H2. The highest BCUT2D eigenvalue weighted by Gasteiger charge is 2.17. The van der Waals surface area contributed by atoms with E-state index in [1.165, 1.54) is 18.2 Å². The largest absolute Gasteiger partial charge is 0.398 e. The van der Waals surface area contributed by atoms with Crippen molar-refractivity contribution in [3.05, 3.63) is 63.4 Å². The lowest BCUT2D eigenvalue weighted by Crippen LogP contribution is -2.05. The van der Waals surface area contributed by atoms with Crippen LogP contribution in [-0.4, -0.2) is 5.11 Å². The van der Waals surface area contributed by atoms with Crippen LogP contribution in [0.4, 0.5) is 10.1 Å². The first kappa shape index (κ1) is 13.1. The Balaban J connectivity index is 2.44. The van der Waals surface area contributed by atoms with Crippen molar-refractivity contribution in [1.82, 2.24) is 0 Å². The van der Waals surface area contributed by atoms with Crippen molar-refractivity contribution in [3.63, 3.8) is 0 Å². The predicted molar refractivity (Wildman–Crippen MR) is 71.3 cm³/mol. The molecule has 0 amide bonds. The van der Waals surface area contributed by atoms with E-state index in [0.29, 0.717) is 16.3 Å². The molecule has 0 aromatic heterocycles. The average Bonchev–Trinajstić information content (AvgIpc) is 2.28. The van der Waals surface area contributed by atoms with Crippen molar-refractivity contribution in [1.29, 1.82) is 0 Å². The van der Waals surface area contributed by atoms with Gasteiger partial charge >= 0.3 is 0 Å². The molecular weight excluding hydrogens is 276 g/mol. The van der Waals surface area contributed by atoms with Crippen LogP contribution in [0.1, 0.15) is 17.2 Å². The molecule has 2 rings (SSSR count). The topological polar surface area (TPSA) is 46.2 Å². The SMILES string of the molecule is Nc1cc(Cl)ccc1C(O)c1ccc(Cl)cc1F. The molecule has 0 aliphatic heterocycles. The molecule has 3 N–H and O–H groups in total. The number of benzene rings is 2. The molecule has 18 heavy (non-hydrogen) atoms. The van der Waals surface area contributed by atoms with Gasteiger partial charge in [0.05, 0.1) is 0 Å². The van der Waals surface area contributed by atoms with Crippen LogP contribution >= 0.6 is 23.2 Å². The van der Waals surface area contributed by atoms with E-state index in [4.69, 9.17) is 28.9 Å². The Bertz CT molecular complexity index is 538. The van der Waals surface area contributed by atoms with Gasteiger partial charge < -0.3 is 10.8 Å². The average molecular weight is 286 g/mol. The van der Waals surface area contributed by atoms with Crippen LogP contribution in [-0.2, 0) is 0 Å². The molecule has 2 aromatic rings. The van der Waals surface area contributed by atoms with Gasteiger partial charge in [-0.25, -0.2) is 4.39 Å². The second-order valence-corrected chi connectivity index (χ2v) is 4.71. The van der Waals surface area contributed by atoms with E-state index in [2.05, 4.69) is 0 Å². The summed E-state index contributed by atoms with van der Waals surface area (Å²) in [5, 5.41) is 10.9. The highest BCUT2D eigenvalue weighted by molar-refractivity contribution is 6.31. The Labute approximate surface area is 114 Å². The molecule has 0 saturated heterocycles. The molecule has 0 spiro atoms. The molecule has 94 valence electrons. The van der Waals surface area contributed by atoms with Crippen LogP contribution in [0.25, 0.3) is 0 Å². The zero-order valence-electron chi connectivity index (χ0n) is 9.20. The Morgan fingerprint density at radius 1 is 1.00 bits per heavy atom. The third-order valence-corrected chi connectivity index (χ3v) is 3.07. The number of halogens is 3. The van der Waals surface area contributed by atoms with Gasteiger partial charge in [-0.05, 0) is 24.3 Å². The first-order valence-electron chi connectivity index (χ1n) is 5.17. The first-order chi connectivity index (χ1) is 8.49. The van der Waals surface area contributed by atoms with Gasteiger partial charge in [-0.15, -0.1) is 0 Å². The Kier molecular flexibility index (Phi) is 3.76. The van der Waals surface area contributed by atoms with Crippen molar-refractivity contribution in [2.45, 2.75) is 6.10 Å². The lowest BCUT2D eigenvalue weighted by atomic mass is 9.99. The maximum atomic E-state index is 13.7. The molecule has 0 radical (unpaired) electrons. The fourth-order valence-corrected chi connectivity index (χ4v) is 2.02. The summed E-state index contributed by atoms with van der Waals surface area (Å²) in [6.07, 6.45) is -1.15. The summed E-state index contributed by atoms with van der Waals surface area (Å²) in [6, 6.07) is 8.74. The monoisotopic (exact) mass is 285 g/mol. The van der Waals surface area contributed by atoms with Gasteiger partial charge in [0.25, 0.3) is 0 Å². The highest BCUT2D eigenvalue weighted by atomic mass is 35.5. The van der Waals surface area contributed by atoms with E-state index in [1.54, 1.807) is 12.1 Å². The van der Waals surface area contributed by atoms with E-state index in [-0.39, 0.29) is 10.6 Å². The van der Waals surface area contributed by atoms with Crippen molar-refractivity contribution >= 4 is 28.9 Å². The number of aliphatic hydroxyl groups is 1. The quantitative estimate of drug-likeness (QED) is 0.825. The van der Waals surface area contributed by atoms with Crippen LogP contribution < -0.4 is 5.73 Å². The summed E-state index contributed by atoms with van der Waals surface area (Å²) >= 11 is 11.4. The summed E-state index contributed by atoms with van der Waals surface area (Å²) in [5.74, 6) is -0.579. The van der Waals surface area contributed by atoms with E-state index < -0.39 is 11.9 Å². The maximum Gasteiger partial charge on any atom is 0.130 e. The Hall–Kier alpha value is -1.29. The molecule has 0 saturated carbocycles. The molecular formula is C13H10Cl2FNO. The minimum absolute atomic E-state index is 0.119. The van der Waals surface area contributed by atoms with E-state index in [9.17, 15) is 9.50 Å². The third kappa shape index (κ3) is 2.58.